The third kappa shape index (κ3) is 5.52. The van der Waals surface area contributed by atoms with Crippen LogP contribution >= 0.6 is 0 Å². The highest BCUT2D eigenvalue weighted by molar-refractivity contribution is 5.97. The maximum Gasteiger partial charge on any atom is 0.251 e. The fraction of sp³-hybridized carbons (Fsp3) is 0.143. The lowest BCUT2D eigenvalue weighted by molar-refractivity contribution is 0.0951. The number of hydrogen-bond donors (Lipinski definition) is 1. The molecule has 0 unspecified atom stereocenters. The summed E-state index contributed by atoms with van der Waals surface area (Å²) in [4.78, 5) is 25.2. The van der Waals surface area contributed by atoms with Crippen LogP contribution in [0.1, 0.15) is 27.9 Å². The molecule has 0 aliphatic carbocycles. The van der Waals surface area contributed by atoms with Crippen LogP contribution in [0.4, 0.5) is 0 Å². The predicted octanol–water partition coefficient (Wildman–Crippen LogP) is 4.76. The minimum atomic E-state index is -0.143. The Morgan fingerprint density at radius 1 is 0.914 bits per heavy atom. The summed E-state index contributed by atoms with van der Waals surface area (Å²) in [6.07, 6.45) is 10.8. The van der Waals surface area contributed by atoms with E-state index in [4.69, 9.17) is 4.74 Å². The number of benzene rings is 2. The highest BCUT2D eigenvalue weighted by atomic mass is 16.5. The van der Waals surface area contributed by atoms with Crippen LogP contribution in [0, 0.1) is 0 Å². The summed E-state index contributed by atoms with van der Waals surface area (Å²) in [6, 6.07) is 21.3. The molecule has 7 nitrogen and oxygen atoms in total. The zero-order valence-corrected chi connectivity index (χ0v) is 19.2. The molecule has 0 radical (unpaired) electrons. The quantitative estimate of drug-likeness (QED) is 0.319. The summed E-state index contributed by atoms with van der Waals surface area (Å²) in [5.41, 5.74) is 5.45. The Bertz CT molecular complexity index is 1400. The predicted molar refractivity (Wildman–Crippen MR) is 135 cm³/mol. The van der Waals surface area contributed by atoms with Gasteiger partial charge in [-0.1, -0.05) is 6.07 Å². The minimum Gasteiger partial charge on any atom is -0.494 e. The van der Waals surface area contributed by atoms with E-state index >= 15 is 0 Å². The molecule has 35 heavy (non-hydrogen) atoms. The lowest BCUT2D eigenvalue weighted by Gasteiger charge is -2.09. The third-order valence-electron chi connectivity index (χ3n) is 5.73. The van der Waals surface area contributed by atoms with Gasteiger partial charge in [-0.2, -0.15) is 0 Å². The van der Waals surface area contributed by atoms with Gasteiger partial charge in [-0.15, -0.1) is 0 Å². The Kier molecular flexibility index (Phi) is 6.75. The average Bonchev–Trinajstić information content (AvgIpc) is 3.35. The van der Waals surface area contributed by atoms with Crippen molar-refractivity contribution in [2.45, 2.75) is 19.4 Å². The smallest absolute Gasteiger partial charge is 0.251 e. The van der Waals surface area contributed by atoms with Crippen LogP contribution < -0.4 is 10.1 Å². The first-order valence-electron chi connectivity index (χ1n) is 11.5. The Morgan fingerprint density at radius 3 is 2.57 bits per heavy atom. The Labute approximate surface area is 203 Å². The van der Waals surface area contributed by atoms with Crippen LogP contribution in [0.3, 0.4) is 0 Å². The van der Waals surface area contributed by atoms with Crippen LogP contribution in [-0.4, -0.2) is 32.0 Å². The number of nitrogens with zero attached hydrogens (tertiary/aromatic N) is 4. The normalized spacial score (nSPS) is 10.9. The molecule has 0 atom stereocenters. The van der Waals surface area contributed by atoms with Gasteiger partial charge >= 0.3 is 0 Å². The van der Waals surface area contributed by atoms with Crippen molar-refractivity contribution >= 4 is 16.9 Å². The van der Waals surface area contributed by atoms with Crippen molar-refractivity contribution in [1.29, 1.82) is 0 Å². The standard InChI is InChI=1S/C28H25N5O2/c34-28(31-19-22-3-1-13-30-18-22)23-5-10-27-26(17-23)32-20-33(27)24-6-8-25(9-7-24)35-16-2-4-21-11-14-29-15-12-21/h1,3,5-15,17-18,20H,2,4,16,19H2,(H,31,34). The van der Waals surface area contributed by atoms with E-state index in [1.165, 1.54) is 5.56 Å². The number of hydrogen-bond acceptors (Lipinski definition) is 5. The second-order valence-corrected chi connectivity index (χ2v) is 8.16. The molecule has 0 aliphatic heterocycles. The van der Waals surface area contributed by atoms with Gasteiger partial charge < -0.3 is 10.1 Å². The molecule has 0 spiro atoms. The first-order chi connectivity index (χ1) is 17.3. The van der Waals surface area contributed by atoms with Gasteiger partial charge in [0.25, 0.3) is 5.91 Å². The van der Waals surface area contributed by atoms with E-state index < -0.39 is 0 Å². The summed E-state index contributed by atoms with van der Waals surface area (Å²) in [5.74, 6) is 0.691. The van der Waals surface area contributed by atoms with Gasteiger partial charge in [0.1, 0.15) is 12.1 Å². The number of fused-ring (bicyclic) bond motifs is 1. The molecular formula is C28H25N5O2. The van der Waals surface area contributed by atoms with Gasteiger partial charge in [-0.3, -0.25) is 19.3 Å². The second kappa shape index (κ2) is 10.6. The van der Waals surface area contributed by atoms with E-state index in [-0.39, 0.29) is 5.91 Å². The molecule has 3 aromatic heterocycles. The van der Waals surface area contributed by atoms with Gasteiger partial charge in [-0.25, -0.2) is 4.98 Å². The molecule has 0 saturated carbocycles. The fourth-order valence-corrected chi connectivity index (χ4v) is 3.87. The highest BCUT2D eigenvalue weighted by Crippen LogP contribution is 2.22. The monoisotopic (exact) mass is 463 g/mol. The van der Waals surface area contributed by atoms with E-state index in [1.807, 2.05) is 83.7 Å². The van der Waals surface area contributed by atoms with Crippen molar-refractivity contribution in [3.63, 3.8) is 0 Å². The van der Waals surface area contributed by atoms with E-state index in [2.05, 4.69) is 20.3 Å². The van der Waals surface area contributed by atoms with E-state index in [1.54, 1.807) is 18.7 Å². The molecule has 0 aliphatic rings. The molecule has 5 aromatic rings. The van der Waals surface area contributed by atoms with Crippen molar-refractivity contribution in [1.82, 2.24) is 24.8 Å². The number of carbonyl (C=O) groups is 1. The van der Waals surface area contributed by atoms with Gasteiger partial charge in [0.05, 0.1) is 17.6 Å². The largest absolute Gasteiger partial charge is 0.494 e. The number of rotatable bonds is 9. The molecule has 0 saturated heterocycles. The van der Waals surface area contributed by atoms with Crippen molar-refractivity contribution in [2.75, 3.05) is 6.61 Å². The zero-order chi connectivity index (χ0) is 23.9. The van der Waals surface area contributed by atoms with Crippen molar-refractivity contribution in [3.05, 3.63) is 115 Å². The van der Waals surface area contributed by atoms with Gasteiger partial charge in [0.15, 0.2) is 0 Å². The second-order valence-electron chi connectivity index (χ2n) is 8.16. The molecule has 174 valence electrons. The maximum absolute atomic E-state index is 12.6. The molecule has 1 N–H and O–H groups in total. The molecule has 0 bridgehead atoms. The van der Waals surface area contributed by atoms with Gasteiger partial charge in [0.2, 0.25) is 0 Å². The van der Waals surface area contributed by atoms with E-state index in [9.17, 15) is 4.79 Å². The summed E-state index contributed by atoms with van der Waals surface area (Å²) >= 11 is 0. The number of imidazole rings is 1. The van der Waals surface area contributed by atoms with Crippen molar-refractivity contribution < 1.29 is 9.53 Å². The molecular weight excluding hydrogens is 438 g/mol. The molecule has 1 amide bonds. The molecule has 5 rings (SSSR count). The number of amides is 1. The number of nitrogens with one attached hydrogen (secondary N) is 1. The summed E-state index contributed by atoms with van der Waals surface area (Å²) in [5, 5.41) is 2.92. The molecule has 7 heteroatoms. The first-order valence-corrected chi connectivity index (χ1v) is 11.5. The van der Waals surface area contributed by atoms with Gasteiger partial charge in [-0.05, 0) is 84.6 Å². The van der Waals surface area contributed by atoms with Crippen LogP contribution in [0.25, 0.3) is 16.7 Å². The summed E-state index contributed by atoms with van der Waals surface area (Å²) in [7, 11) is 0. The van der Waals surface area contributed by atoms with Crippen molar-refractivity contribution in [3.8, 4) is 11.4 Å². The zero-order valence-electron chi connectivity index (χ0n) is 19.2. The Hall–Kier alpha value is -4.52. The van der Waals surface area contributed by atoms with Crippen molar-refractivity contribution in [2.24, 2.45) is 0 Å². The lowest BCUT2D eigenvalue weighted by Crippen LogP contribution is -2.22. The third-order valence-corrected chi connectivity index (χ3v) is 5.73. The number of carbonyl (C=O) groups excluding carboxylic acids is 1. The minimum absolute atomic E-state index is 0.143. The molecule has 0 fully saturated rings. The maximum atomic E-state index is 12.6. The topological polar surface area (TPSA) is 81.9 Å². The van der Waals surface area contributed by atoms with E-state index in [0.717, 1.165) is 40.9 Å². The highest BCUT2D eigenvalue weighted by Gasteiger charge is 2.10. The van der Waals surface area contributed by atoms with Crippen LogP contribution in [-0.2, 0) is 13.0 Å². The number of aromatic nitrogens is 4. The lowest BCUT2D eigenvalue weighted by atomic mass is 10.1. The summed E-state index contributed by atoms with van der Waals surface area (Å²) < 4.78 is 7.90. The number of pyridine rings is 2. The first kappa shape index (κ1) is 22.3. The van der Waals surface area contributed by atoms with Crippen LogP contribution in [0.2, 0.25) is 0 Å². The summed E-state index contributed by atoms with van der Waals surface area (Å²) in [6.45, 7) is 1.08. The Morgan fingerprint density at radius 2 is 1.77 bits per heavy atom. The average molecular weight is 464 g/mol. The fourth-order valence-electron chi connectivity index (χ4n) is 3.87. The van der Waals surface area contributed by atoms with Gasteiger partial charge in [0, 0.05) is 42.6 Å². The van der Waals surface area contributed by atoms with Crippen LogP contribution in [0.15, 0.2) is 97.8 Å². The van der Waals surface area contributed by atoms with Crippen LogP contribution in [0.5, 0.6) is 5.75 Å². The SMILES string of the molecule is O=C(NCc1cccnc1)c1ccc2c(c1)ncn2-c1ccc(OCCCc2ccncc2)cc1. The molecule has 3 heterocycles. The number of ether oxygens (including phenoxy) is 1. The molecule has 2 aromatic carbocycles. The number of aryl methyl sites for hydroxylation is 1. The Balaban J connectivity index is 1.20. The van der Waals surface area contributed by atoms with E-state index in [0.29, 0.717) is 18.7 Å².